The molecule has 2 saturated heterocycles. The van der Waals surface area contributed by atoms with Crippen LogP contribution in [0.2, 0.25) is 0 Å². The number of carbonyl (C=O) groups is 2. The fourth-order valence-electron chi connectivity index (χ4n) is 3.94. The Labute approximate surface area is 202 Å². The Morgan fingerprint density at radius 2 is 1.56 bits per heavy atom. The van der Waals surface area contributed by atoms with Crippen LogP contribution in [0.15, 0.2) is 64.6 Å². The number of nitrogens with one attached hydrogen (secondary N) is 1. The predicted octanol–water partition coefficient (Wildman–Crippen LogP) is 4.17. The standard InChI is InChI=1S/C25H25N5O3S/c1-17-16-26-25(27-18-2-4-19(5-3-18)29-12-14-33-15-13-29)28-24(17)34-21-8-6-20(7-9-21)30-22(31)10-11-23(30)32/h2-9,16H,10-15H2,1H3,(H,26,27,28). The number of anilines is 4. The maximum Gasteiger partial charge on any atom is 0.234 e. The average Bonchev–Trinajstić information content (AvgIpc) is 3.20. The van der Waals surface area contributed by atoms with Crippen molar-refractivity contribution in [2.24, 2.45) is 0 Å². The Morgan fingerprint density at radius 1 is 0.912 bits per heavy atom. The Kier molecular flexibility index (Phi) is 6.46. The van der Waals surface area contributed by atoms with Crippen LogP contribution in [0, 0.1) is 6.92 Å². The average molecular weight is 476 g/mol. The quantitative estimate of drug-likeness (QED) is 0.420. The summed E-state index contributed by atoms with van der Waals surface area (Å²) in [5.41, 5.74) is 3.67. The van der Waals surface area contributed by atoms with Gasteiger partial charge in [-0.05, 0) is 55.5 Å². The van der Waals surface area contributed by atoms with Crippen LogP contribution < -0.4 is 15.1 Å². The van der Waals surface area contributed by atoms with E-state index in [0.29, 0.717) is 11.6 Å². The zero-order chi connectivity index (χ0) is 23.5. The Morgan fingerprint density at radius 3 is 2.24 bits per heavy atom. The number of carbonyl (C=O) groups excluding carboxylic acids is 2. The molecule has 2 aromatic carbocycles. The molecule has 3 aromatic rings. The molecule has 9 heteroatoms. The number of rotatable bonds is 6. The Balaban J connectivity index is 1.26. The van der Waals surface area contributed by atoms with Gasteiger partial charge >= 0.3 is 0 Å². The lowest BCUT2D eigenvalue weighted by Crippen LogP contribution is -2.36. The highest BCUT2D eigenvalue weighted by Crippen LogP contribution is 2.32. The van der Waals surface area contributed by atoms with Gasteiger partial charge in [0.05, 0.1) is 18.9 Å². The second-order valence-corrected chi connectivity index (χ2v) is 9.23. The Bertz CT molecular complexity index is 1180. The van der Waals surface area contributed by atoms with Crippen LogP contribution in [-0.2, 0) is 14.3 Å². The number of aromatic nitrogens is 2. The van der Waals surface area contributed by atoms with Gasteiger partial charge in [-0.3, -0.25) is 14.5 Å². The van der Waals surface area contributed by atoms with Crippen molar-refractivity contribution < 1.29 is 14.3 Å². The summed E-state index contributed by atoms with van der Waals surface area (Å²) >= 11 is 1.52. The molecule has 5 rings (SSSR count). The van der Waals surface area contributed by atoms with Gasteiger partial charge in [0.15, 0.2) is 0 Å². The van der Waals surface area contributed by atoms with Crippen LogP contribution in [0.3, 0.4) is 0 Å². The summed E-state index contributed by atoms with van der Waals surface area (Å²) in [5.74, 6) is 0.230. The molecule has 2 fully saturated rings. The first-order chi connectivity index (χ1) is 16.6. The number of hydrogen-bond donors (Lipinski definition) is 1. The van der Waals surface area contributed by atoms with Crippen molar-refractivity contribution in [2.45, 2.75) is 29.7 Å². The maximum atomic E-state index is 12.0. The van der Waals surface area contributed by atoms with Gasteiger partial charge in [0.1, 0.15) is 5.03 Å². The fourth-order valence-corrected chi connectivity index (χ4v) is 4.78. The van der Waals surface area contributed by atoms with Crippen LogP contribution in [0.1, 0.15) is 18.4 Å². The highest BCUT2D eigenvalue weighted by atomic mass is 32.2. The molecule has 2 aliphatic heterocycles. The fraction of sp³-hybridized carbons (Fsp3) is 0.280. The van der Waals surface area contributed by atoms with Crippen LogP contribution in [0.4, 0.5) is 23.0 Å². The van der Waals surface area contributed by atoms with Crippen LogP contribution in [0.25, 0.3) is 0 Å². The molecular formula is C25H25N5O3S. The number of ether oxygens (including phenoxy) is 1. The van der Waals surface area contributed by atoms with Crippen molar-refractivity contribution in [1.82, 2.24) is 9.97 Å². The number of benzene rings is 2. The topological polar surface area (TPSA) is 87.7 Å². The molecule has 1 aromatic heterocycles. The van der Waals surface area contributed by atoms with Crippen LogP contribution >= 0.6 is 11.8 Å². The van der Waals surface area contributed by atoms with E-state index in [9.17, 15) is 9.59 Å². The molecule has 2 amide bonds. The first kappa shape index (κ1) is 22.4. The smallest absolute Gasteiger partial charge is 0.234 e. The molecule has 0 bridgehead atoms. The van der Waals surface area contributed by atoms with Crippen LogP contribution in [-0.4, -0.2) is 48.1 Å². The molecule has 34 heavy (non-hydrogen) atoms. The zero-order valence-corrected chi connectivity index (χ0v) is 19.7. The molecule has 1 N–H and O–H groups in total. The SMILES string of the molecule is Cc1cnc(Nc2ccc(N3CCOCC3)cc2)nc1Sc1ccc(N2C(=O)CCC2=O)cc1. The lowest BCUT2D eigenvalue weighted by molar-refractivity contribution is -0.121. The predicted molar refractivity (Wildman–Crippen MR) is 132 cm³/mol. The van der Waals surface area contributed by atoms with Gasteiger partial charge in [0, 0.05) is 54.0 Å². The lowest BCUT2D eigenvalue weighted by Gasteiger charge is -2.28. The molecule has 0 aliphatic carbocycles. The van der Waals surface area contributed by atoms with Gasteiger partial charge in [-0.2, -0.15) is 0 Å². The van der Waals surface area contributed by atoms with E-state index in [1.165, 1.54) is 22.3 Å². The van der Waals surface area contributed by atoms with Crippen molar-refractivity contribution in [3.05, 3.63) is 60.3 Å². The van der Waals surface area contributed by atoms with Crippen molar-refractivity contribution in [3.63, 3.8) is 0 Å². The lowest BCUT2D eigenvalue weighted by atomic mass is 10.2. The normalized spacial score (nSPS) is 16.3. The molecule has 0 radical (unpaired) electrons. The van der Waals surface area contributed by atoms with Crippen molar-refractivity contribution in [2.75, 3.05) is 41.4 Å². The second-order valence-electron chi connectivity index (χ2n) is 8.17. The van der Waals surface area contributed by atoms with Crippen molar-refractivity contribution >= 4 is 46.6 Å². The summed E-state index contributed by atoms with van der Waals surface area (Å²) in [6.07, 6.45) is 2.36. The van der Waals surface area contributed by atoms with E-state index in [0.717, 1.165) is 47.5 Å². The molecule has 0 unspecified atom stereocenters. The molecule has 2 aliphatic rings. The molecule has 0 atom stereocenters. The third kappa shape index (κ3) is 4.90. The number of nitrogens with zero attached hydrogens (tertiary/aromatic N) is 4. The van der Waals surface area contributed by atoms with E-state index in [4.69, 9.17) is 9.72 Å². The monoisotopic (exact) mass is 475 g/mol. The largest absolute Gasteiger partial charge is 0.378 e. The zero-order valence-electron chi connectivity index (χ0n) is 18.9. The van der Waals surface area contributed by atoms with E-state index in [1.54, 1.807) is 18.3 Å². The highest BCUT2D eigenvalue weighted by molar-refractivity contribution is 7.99. The third-order valence-corrected chi connectivity index (χ3v) is 6.90. The summed E-state index contributed by atoms with van der Waals surface area (Å²) in [6, 6.07) is 15.6. The molecule has 8 nitrogen and oxygen atoms in total. The van der Waals surface area contributed by atoms with E-state index in [2.05, 4.69) is 27.3 Å². The van der Waals surface area contributed by atoms with Gasteiger partial charge in [-0.1, -0.05) is 11.8 Å². The van der Waals surface area contributed by atoms with Crippen molar-refractivity contribution in [1.29, 1.82) is 0 Å². The second kappa shape index (κ2) is 9.82. The van der Waals surface area contributed by atoms with Crippen LogP contribution in [0.5, 0.6) is 0 Å². The summed E-state index contributed by atoms with van der Waals surface area (Å²) in [6.45, 7) is 5.29. The van der Waals surface area contributed by atoms with Gasteiger partial charge in [0.25, 0.3) is 0 Å². The molecule has 174 valence electrons. The van der Waals surface area contributed by atoms with E-state index in [1.807, 2.05) is 31.2 Å². The summed E-state index contributed by atoms with van der Waals surface area (Å²) < 4.78 is 5.42. The number of hydrogen-bond acceptors (Lipinski definition) is 8. The minimum Gasteiger partial charge on any atom is -0.378 e. The number of amides is 2. The molecule has 3 heterocycles. The summed E-state index contributed by atoms with van der Waals surface area (Å²) in [4.78, 5) is 37.6. The van der Waals surface area contributed by atoms with Gasteiger partial charge in [-0.25, -0.2) is 9.97 Å². The summed E-state index contributed by atoms with van der Waals surface area (Å²) in [7, 11) is 0. The minimum absolute atomic E-state index is 0.147. The highest BCUT2D eigenvalue weighted by Gasteiger charge is 2.30. The first-order valence-corrected chi connectivity index (χ1v) is 12.1. The maximum absolute atomic E-state index is 12.0. The van der Waals surface area contributed by atoms with Gasteiger partial charge in [-0.15, -0.1) is 0 Å². The van der Waals surface area contributed by atoms with Gasteiger partial charge < -0.3 is 15.0 Å². The third-order valence-electron chi connectivity index (χ3n) is 5.79. The number of imide groups is 1. The number of morpholine rings is 1. The molecular weight excluding hydrogens is 450 g/mol. The van der Waals surface area contributed by atoms with E-state index >= 15 is 0 Å². The molecule has 0 spiro atoms. The number of aryl methyl sites for hydroxylation is 1. The molecule has 0 saturated carbocycles. The minimum atomic E-state index is -0.147. The van der Waals surface area contributed by atoms with Crippen molar-refractivity contribution in [3.8, 4) is 0 Å². The summed E-state index contributed by atoms with van der Waals surface area (Å²) in [5, 5.41) is 4.12. The van der Waals surface area contributed by atoms with E-state index in [-0.39, 0.29) is 24.7 Å². The van der Waals surface area contributed by atoms with E-state index < -0.39 is 0 Å². The first-order valence-electron chi connectivity index (χ1n) is 11.2. The van der Waals surface area contributed by atoms with Gasteiger partial charge in [0.2, 0.25) is 17.8 Å². The Hall–Kier alpha value is -3.43.